The van der Waals surface area contributed by atoms with Gasteiger partial charge in [-0.3, -0.25) is 0 Å². The molecule has 3 heteroatoms. The Labute approximate surface area is 141 Å². The summed E-state index contributed by atoms with van der Waals surface area (Å²) in [5.74, 6) is 0. The van der Waals surface area contributed by atoms with Crippen LogP contribution in [-0.2, 0) is 21.9 Å². The maximum atomic E-state index is 12.2. The topological polar surface area (TPSA) is 17.1 Å². The second-order valence-corrected chi connectivity index (χ2v) is 7.84. The van der Waals surface area contributed by atoms with Crippen LogP contribution in [0.3, 0.4) is 0 Å². The predicted octanol–water partition coefficient (Wildman–Crippen LogP) is 3.05. The van der Waals surface area contributed by atoms with Crippen LogP contribution < -0.4 is 15.9 Å². The molecule has 0 saturated carbocycles. The molecule has 3 aromatic rings. The van der Waals surface area contributed by atoms with Gasteiger partial charge in [0.1, 0.15) is 5.66 Å². The summed E-state index contributed by atoms with van der Waals surface area (Å²) in [7, 11) is 0. The fourth-order valence-electron chi connectivity index (χ4n) is 2.56. The van der Waals surface area contributed by atoms with Gasteiger partial charge in [-0.25, -0.2) is 4.79 Å². The zero-order valence-electron chi connectivity index (χ0n) is 11.9. The third kappa shape index (κ3) is 2.88. The van der Waals surface area contributed by atoms with Gasteiger partial charge in [0.05, 0.1) is 6.89 Å². The Kier molecular flexibility index (Phi) is 5.61. The number of hydrogen-bond acceptors (Lipinski definition) is 1. The Bertz CT molecular complexity index is 691. The van der Waals surface area contributed by atoms with Crippen molar-refractivity contribution in [3.05, 3.63) is 91.0 Å². The third-order valence-corrected chi connectivity index (χ3v) is 7.06. The van der Waals surface area contributed by atoms with Gasteiger partial charge in [-0.1, -0.05) is 91.0 Å². The molecule has 0 bridgehead atoms. The summed E-state index contributed by atoms with van der Waals surface area (Å²) in [5.41, 5.74) is 2.43. The number of benzene rings is 3. The largest absolute Gasteiger partial charge is 0.233 e. The first-order valence-electron chi connectivity index (χ1n) is 6.83. The minimum Gasteiger partial charge on any atom is -0.233 e. The van der Waals surface area contributed by atoms with Crippen molar-refractivity contribution in [2.75, 3.05) is 0 Å². The molecule has 0 spiro atoms. The zero-order valence-corrected chi connectivity index (χ0v) is 13.9. The fraction of sp³-hybridized carbons (Fsp3) is 0. The van der Waals surface area contributed by atoms with Crippen LogP contribution in [0, 0.1) is 0 Å². The van der Waals surface area contributed by atoms with E-state index in [1.165, 1.54) is 0 Å². The molecule has 0 aliphatic rings. The summed E-state index contributed by atoms with van der Waals surface area (Å²) < 4.78 is 0. The summed E-state index contributed by atoms with van der Waals surface area (Å²) in [6, 6.07) is 29.9. The first-order valence-corrected chi connectivity index (χ1v) is 8.62. The molecule has 0 unspecified atom stereocenters. The van der Waals surface area contributed by atoms with Crippen LogP contribution in [0.25, 0.3) is 0 Å². The molecular formula is C19H15FeOP. The Morgan fingerprint density at radius 1 is 0.545 bits per heavy atom. The maximum absolute atomic E-state index is 12.2. The predicted molar refractivity (Wildman–Crippen MR) is 90.8 cm³/mol. The Morgan fingerprint density at radius 2 is 0.818 bits per heavy atom. The van der Waals surface area contributed by atoms with E-state index in [2.05, 4.69) is 5.66 Å². The van der Waals surface area contributed by atoms with E-state index in [1.54, 1.807) is 0 Å². The second kappa shape index (κ2) is 7.45. The quantitative estimate of drug-likeness (QED) is 0.526. The number of rotatable bonds is 3. The van der Waals surface area contributed by atoms with E-state index >= 15 is 0 Å². The molecule has 0 aliphatic carbocycles. The molecular weight excluding hydrogens is 331 g/mol. The summed E-state index contributed by atoms with van der Waals surface area (Å²) in [6.07, 6.45) is 0. The van der Waals surface area contributed by atoms with Gasteiger partial charge in [0.2, 0.25) is 0 Å². The van der Waals surface area contributed by atoms with Gasteiger partial charge in [-0.2, -0.15) is 0 Å². The summed E-state index contributed by atoms with van der Waals surface area (Å²) in [5, 5.41) is 3.12. The number of hydrogen-bond donors (Lipinski definition) is 0. The van der Waals surface area contributed by atoms with Crippen LogP contribution in [0.1, 0.15) is 0 Å². The number of carbonyl (C=O) groups excluding carboxylic acids is 1. The van der Waals surface area contributed by atoms with E-state index in [-0.39, 0.29) is 17.1 Å². The molecule has 0 N–H and O–H groups in total. The molecule has 0 atom stereocenters. The molecule has 22 heavy (non-hydrogen) atoms. The van der Waals surface area contributed by atoms with Crippen LogP contribution in [-0.4, -0.2) is 5.66 Å². The summed E-state index contributed by atoms with van der Waals surface area (Å²) >= 11 is 0. The van der Waals surface area contributed by atoms with Crippen molar-refractivity contribution in [2.45, 2.75) is 0 Å². The van der Waals surface area contributed by atoms with Gasteiger partial charge in [0, 0.05) is 17.1 Å². The van der Waals surface area contributed by atoms with E-state index in [9.17, 15) is 4.79 Å². The molecule has 1 nitrogen and oxygen atoms in total. The molecule has 0 heterocycles. The third-order valence-electron chi connectivity index (χ3n) is 3.57. The van der Waals surface area contributed by atoms with Crippen LogP contribution in [0.2, 0.25) is 0 Å². The standard InChI is InChI=1S/C19H15OP.Fe/c20-16-21(17-10-4-1-5-11-17,18-12-6-2-7-13-18)19-14-8-3-9-15-19;/h1-15H;. The van der Waals surface area contributed by atoms with Gasteiger partial charge in [-0.15, -0.1) is 0 Å². The van der Waals surface area contributed by atoms with Crippen molar-refractivity contribution in [2.24, 2.45) is 0 Å². The average molecular weight is 346 g/mol. The van der Waals surface area contributed by atoms with Gasteiger partial charge in [-0.05, 0) is 15.9 Å². The van der Waals surface area contributed by atoms with Gasteiger partial charge < -0.3 is 0 Å². The summed E-state index contributed by atoms with van der Waals surface area (Å²) in [4.78, 5) is 12.2. The molecule has 0 amide bonds. The first-order chi connectivity index (χ1) is 10.4. The van der Waals surface area contributed by atoms with Crippen LogP contribution in [0.4, 0.5) is 0 Å². The van der Waals surface area contributed by atoms with Crippen molar-refractivity contribution < 1.29 is 21.9 Å². The SMILES string of the molecule is O=C=P(c1ccccc1)(c1ccccc1)c1ccccc1.[Fe]. The molecule has 3 aromatic carbocycles. The Morgan fingerprint density at radius 3 is 1.05 bits per heavy atom. The maximum Gasteiger partial charge on any atom is 0.128 e. The van der Waals surface area contributed by atoms with Crippen molar-refractivity contribution in [3.63, 3.8) is 0 Å². The van der Waals surface area contributed by atoms with Crippen LogP contribution in [0.5, 0.6) is 0 Å². The molecule has 0 radical (unpaired) electrons. The minimum atomic E-state index is -2.34. The second-order valence-electron chi connectivity index (χ2n) is 4.77. The van der Waals surface area contributed by atoms with Crippen molar-refractivity contribution in [1.82, 2.24) is 0 Å². The van der Waals surface area contributed by atoms with E-state index < -0.39 is 6.89 Å². The van der Waals surface area contributed by atoms with E-state index in [0.717, 1.165) is 15.9 Å². The zero-order chi connectivity index (χ0) is 14.5. The molecule has 110 valence electrons. The van der Waals surface area contributed by atoms with E-state index in [1.807, 2.05) is 91.0 Å². The Hall–Kier alpha value is -1.81. The van der Waals surface area contributed by atoms with Crippen LogP contribution >= 0.6 is 6.89 Å². The van der Waals surface area contributed by atoms with Crippen molar-refractivity contribution in [3.8, 4) is 0 Å². The average Bonchev–Trinajstić information content (AvgIpc) is 2.59. The normalized spacial score (nSPS) is 10.4. The van der Waals surface area contributed by atoms with Gasteiger partial charge in [0.15, 0.2) is 0 Å². The van der Waals surface area contributed by atoms with Crippen LogP contribution in [0.15, 0.2) is 91.0 Å². The van der Waals surface area contributed by atoms with E-state index in [4.69, 9.17) is 0 Å². The minimum absolute atomic E-state index is 0. The monoisotopic (exact) mass is 346 g/mol. The van der Waals surface area contributed by atoms with E-state index in [0.29, 0.717) is 0 Å². The molecule has 0 aliphatic heterocycles. The van der Waals surface area contributed by atoms with Gasteiger partial charge in [0.25, 0.3) is 0 Å². The van der Waals surface area contributed by atoms with Crippen molar-refractivity contribution >= 4 is 28.5 Å². The smallest absolute Gasteiger partial charge is 0.128 e. The molecule has 3 rings (SSSR count). The fourth-order valence-corrected chi connectivity index (χ4v) is 5.63. The Balaban J connectivity index is 0.00000176. The molecule has 0 fully saturated rings. The molecule has 0 saturated heterocycles. The van der Waals surface area contributed by atoms with Crippen molar-refractivity contribution in [1.29, 1.82) is 0 Å². The first kappa shape index (κ1) is 16.6. The molecule has 0 aromatic heterocycles. The van der Waals surface area contributed by atoms with Gasteiger partial charge >= 0.3 is 0 Å². The summed E-state index contributed by atoms with van der Waals surface area (Å²) in [6.45, 7) is -2.34.